The molecule has 0 spiro atoms. The molecule has 3 aliphatic rings. The first kappa shape index (κ1) is 42.5. The summed E-state index contributed by atoms with van der Waals surface area (Å²) in [6.07, 6.45) is 3.09. The van der Waals surface area contributed by atoms with Gasteiger partial charge in [0.2, 0.25) is 11.8 Å². The zero-order valence-electron chi connectivity index (χ0n) is 36.5. The van der Waals surface area contributed by atoms with E-state index in [4.69, 9.17) is 28.9 Å². The highest BCUT2D eigenvalue weighted by Crippen LogP contribution is 2.44. The minimum Gasteiger partial charge on any atom is -0.488 e. The van der Waals surface area contributed by atoms with Crippen LogP contribution in [0.1, 0.15) is 89.6 Å². The molecule has 8 rings (SSSR count). The third-order valence-corrected chi connectivity index (χ3v) is 13.0. The summed E-state index contributed by atoms with van der Waals surface area (Å²) >= 11 is 0. The highest BCUT2D eigenvalue weighted by atomic mass is 16.5. The monoisotopic (exact) mass is 848 g/mol. The van der Waals surface area contributed by atoms with Crippen molar-refractivity contribution in [2.75, 3.05) is 27.9 Å². The Labute approximate surface area is 360 Å². The number of carbonyl (C=O) groups is 4. The molecule has 5 aromatic rings. The zero-order valence-corrected chi connectivity index (χ0v) is 36.5. The topological polar surface area (TPSA) is 193 Å². The molecule has 5 heterocycles. The number of rotatable bonds is 11. The van der Waals surface area contributed by atoms with Crippen molar-refractivity contribution in [2.45, 2.75) is 103 Å². The molecule has 4 amide bonds. The van der Waals surface area contributed by atoms with E-state index in [9.17, 15) is 19.2 Å². The van der Waals surface area contributed by atoms with E-state index in [2.05, 4.69) is 63.9 Å². The number of hydrogen-bond donors (Lipinski definition) is 4. The van der Waals surface area contributed by atoms with Crippen LogP contribution in [0, 0.1) is 11.8 Å². The van der Waals surface area contributed by atoms with Crippen LogP contribution < -0.4 is 15.4 Å². The molecule has 2 fully saturated rings. The molecule has 3 aliphatic heterocycles. The number of alkyl carbamates (subject to hydrolysis) is 2. The van der Waals surface area contributed by atoms with Gasteiger partial charge in [0.15, 0.2) is 0 Å². The first-order chi connectivity index (χ1) is 29.8. The Bertz CT molecular complexity index is 2510. The summed E-state index contributed by atoms with van der Waals surface area (Å²) in [6.45, 7) is 10.6. The van der Waals surface area contributed by atoms with Gasteiger partial charge < -0.3 is 49.3 Å². The van der Waals surface area contributed by atoms with E-state index >= 15 is 0 Å². The number of nitrogens with zero attached hydrogens (tertiary/aromatic N) is 4. The van der Waals surface area contributed by atoms with Gasteiger partial charge in [0.25, 0.3) is 0 Å². The van der Waals surface area contributed by atoms with Crippen molar-refractivity contribution in [2.24, 2.45) is 11.8 Å². The molecule has 0 saturated carbocycles. The van der Waals surface area contributed by atoms with Crippen molar-refractivity contribution >= 4 is 45.8 Å². The fourth-order valence-corrected chi connectivity index (χ4v) is 9.37. The van der Waals surface area contributed by atoms with Crippen molar-refractivity contribution in [3.05, 3.63) is 65.9 Å². The Morgan fingerprint density at radius 2 is 1.65 bits per heavy atom. The van der Waals surface area contributed by atoms with E-state index < -0.39 is 30.4 Å². The first-order valence-corrected chi connectivity index (χ1v) is 21.5. The molecule has 4 N–H and O–H groups in total. The van der Waals surface area contributed by atoms with Gasteiger partial charge in [-0.05, 0) is 91.3 Å². The Balaban J connectivity index is 1.05. The molecule has 1 unspecified atom stereocenters. The molecule has 16 nitrogen and oxygen atoms in total. The van der Waals surface area contributed by atoms with E-state index in [0.29, 0.717) is 24.8 Å². The summed E-state index contributed by atoms with van der Waals surface area (Å²) in [4.78, 5) is 72.9. The lowest BCUT2D eigenvalue weighted by Gasteiger charge is -2.32. The second kappa shape index (κ2) is 17.3. The zero-order chi connectivity index (χ0) is 44.0. The largest absolute Gasteiger partial charge is 0.488 e. The number of aromatic nitrogens is 4. The number of carbonyl (C=O) groups excluding carboxylic acids is 4. The minimum absolute atomic E-state index is 0.0200. The molecule has 3 aromatic carbocycles. The number of hydrogen-bond acceptors (Lipinski definition) is 10. The lowest BCUT2D eigenvalue weighted by molar-refractivity contribution is -0.138. The molecule has 0 bridgehead atoms. The summed E-state index contributed by atoms with van der Waals surface area (Å²) in [7, 11) is 4.07. The van der Waals surface area contributed by atoms with Gasteiger partial charge >= 0.3 is 12.2 Å². The van der Waals surface area contributed by atoms with Crippen LogP contribution >= 0.6 is 0 Å². The van der Waals surface area contributed by atoms with Crippen LogP contribution in [0.3, 0.4) is 0 Å². The highest BCUT2D eigenvalue weighted by Gasteiger charge is 2.43. The molecule has 2 aromatic heterocycles. The van der Waals surface area contributed by atoms with E-state index in [-0.39, 0.29) is 41.8 Å². The van der Waals surface area contributed by atoms with Gasteiger partial charge in [0.05, 0.1) is 55.3 Å². The van der Waals surface area contributed by atoms with Crippen LogP contribution in [0.5, 0.6) is 5.75 Å². The fraction of sp³-hybridized carbons (Fsp3) is 0.478. The normalized spacial score (nSPS) is 21.0. The third kappa shape index (κ3) is 7.80. The van der Waals surface area contributed by atoms with Gasteiger partial charge in [-0.15, -0.1) is 0 Å². The second-order valence-corrected chi connectivity index (χ2v) is 17.1. The van der Waals surface area contributed by atoms with Gasteiger partial charge in [0.1, 0.15) is 36.1 Å². The number of H-pyrrole nitrogens is 2. The Hall–Kier alpha value is -6.16. The lowest BCUT2D eigenvalue weighted by Crippen LogP contribution is -2.54. The number of benzene rings is 3. The van der Waals surface area contributed by atoms with Crippen LogP contribution in [0.25, 0.3) is 44.2 Å². The summed E-state index contributed by atoms with van der Waals surface area (Å²) in [5.41, 5.74) is 6.52. The fourth-order valence-electron chi connectivity index (χ4n) is 9.37. The third-order valence-electron chi connectivity index (χ3n) is 13.0. The van der Waals surface area contributed by atoms with Gasteiger partial charge in [-0.2, -0.15) is 0 Å². The molecule has 328 valence electrons. The molecule has 0 aliphatic carbocycles. The average Bonchev–Trinajstić information content (AvgIpc) is 4.11. The number of ether oxygens (including phenoxy) is 4. The standard InChI is InChI=1S/C46H56N8O8/c1-9-26-16-36(53(21-26)43(55)39(25(5)59-6)52-46(58)61-8)42-48-33-14-12-27-18-32-30-13-11-28(17-29(30)22-62-37(32)19-31(27)40(33)50-42)34-20-47-41(49-34)35-15-10-24(4)54(35)44(56)38(23(2)3)51-45(57)60-7/h11-14,17-20,23-26,35-36,38-39H,9-10,15-16,21-22H2,1-8H3,(H,47,49)(H,48,50)(H,51,57)(H,52,58)/t24-,25+,26-,35-,36-,38?,39-/m0/s1. The second-order valence-electron chi connectivity index (χ2n) is 17.1. The average molecular weight is 849 g/mol. The number of imidazole rings is 2. The number of methoxy groups -OCH3 is 3. The number of aromatic amines is 2. The minimum atomic E-state index is -0.929. The maximum absolute atomic E-state index is 14.1. The van der Waals surface area contributed by atoms with Gasteiger partial charge in [-0.25, -0.2) is 19.6 Å². The molecular formula is C46H56N8O8. The Morgan fingerprint density at radius 1 is 0.887 bits per heavy atom. The van der Waals surface area contributed by atoms with E-state index in [0.717, 1.165) is 81.2 Å². The summed E-state index contributed by atoms with van der Waals surface area (Å²) in [5, 5.41) is 7.34. The van der Waals surface area contributed by atoms with E-state index in [1.165, 1.54) is 21.3 Å². The van der Waals surface area contributed by atoms with Crippen LogP contribution in [0.4, 0.5) is 9.59 Å². The molecule has 16 heteroatoms. The number of nitrogens with one attached hydrogen (secondary N) is 4. The van der Waals surface area contributed by atoms with Crippen molar-refractivity contribution in [1.82, 2.24) is 40.4 Å². The maximum Gasteiger partial charge on any atom is 0.407 e. The van der Waals surface area contributed by atoms with Crippen LogP contribution in [-0.4, -0.2) is 106 Å². The first-order valence-electron chi connectivity index (χ1n) is 21.5. The van der Waals surface area contributed by atoms with Gasteiger partial charge in [-0.3, -0.25) is 9.59 Å². The van der Waals surface area contributed by atoms with Crippen LogP contribution in [-0.2, 0) is 30.4 Å². The predicted molar refractivity (Wildman–Crippen MR) is 232 cm³/mol. The summed E-state index contributed by atoms with van der Waals surface area (Å²) < 4.78 is 21.6. The maximum atomic E-state index is 14.1. The molecule has 62 heavy (non-hydrogen) atoms. The summed E-state index contributed by atoms with van der Waals surface area (Å²) in [6, 6.07) is 12.4. The van der Waals surface area contributed by atoms with Gasteiger partial charge in [0, 0.05) is 30.6 Å². The van der Waals surface area contributed by atoms with Crippen molar-refractivity contribution < 1.29 is 38.1 Å². The lowest BCUT2D eigenvalue weighted by atomic mass is 9.92. The highest BCUT2D eigenvalue weighted by molar-refractivity contribution is 6.07. The quantitative estimate of drug-likeness (QED) is 0.106. The Morgan fingerprint density at radius 3 is 2.35 bits per heavy atom. The van der Waals surface area contributed by atoms with Crippen LogP contribution in [0.2, 0.25) is 0 Å². The van der Waals surface area contributed by atoms with Gasteiger partial charge in [-0.1, -0.05) is 45.4 Å². The number of amides is 4. The SMILES string of the molecule is CC[C@H]1C[C@@H](c2nc3c(ccc4cc5c(cc43)OCc3cc(-c4cnc([C@@H]6CC[C@H](C)N6C(=O)C(NC(=O)OC)C(C)C)[nH]4)ccc3-5)[nH]2)N(C(=O)[C@@H](NC(=O)OC)[C@@H](C)OC)C1. The van der Waals surface area contributed by atoms with Crippen molar-refractivity contribution in [3.63, 3.8) is 0 Å². The van der Waals surface area contributed by atoms with E-state index in [1.54, 1.807) is 6.92 Å². The van der Waals surface area contributed by atoms with Crippen molar-refractivity contribution in [1.29, 1.82) is 0 Å². The van der Waals surface area contributed by atoms with Crippen LogP contribution in [0.15, 0.2) is 48.7 Å². The van der Waals surface area contributed by atoms with Crippen molar-refractivity contribution in [3.8, 4) is 28.1 Å². The molecule has 7 atom stereocenters. The smallest absolute Gasteiger partial charge is 0.407 e. The summed E-state index contributed by atoms with van der Waals surface area (Å²) in [5.74, 6) is 1.88. The molecule has 0 radical (unpaired) electrons. The number of likely N-dealkylation sites (tertiary alicyclic amines) is 2. The van der Waals surface area contributed by atoms with E-state index in [1.807, 2.05) is 42.8 Å². The molecule has 2 saturated heterocycles. The number of fused-ring (bicyclic) bond motifs is 6. The Kier molecular flexibility index (Phi) is 11.9. The predicted octanol–water partition coefficient (Wildman–Crippen LogP) is 7.16. The molecular weight excluding hydrogens is 793 g/mol.